The van der Waals surface area contributed by atoms with Crippen molar-refractivity contribution in [3.63, 3.8) is 0 Å². The Balaban J connectivity index is 0.000000939. The lowest BCUT2D eigenvalue weighted by atomic mass is 9.92. The normalized spacial score (nSPS) is 17.0. The van der Waals surface area contributed by atoms with Crippen LogP contribution in [0.15, 0.2) is 43.0 Å². The van der Waals surface area contributed by atoms with Crippen LogP contribution in [0.1, 0.15) is 56.2 Å². The van der Waals surface area contributed by atoms with Crippen molar-refractivity contribution in [2.24, 2.45) is 11.8 Å². The average Bonchev–Trinajstić information content (AvgIpc) is 3.47. The van der Waals surface area contributed by atoms with Crippen molar-refractivity contribution >= 4 is 23.9 Å². The maximum Gasteiger partial charge on any atom is 0.373 e. The van der Waals surface area contributed by atoms with Crippen LogP contribution in [0.2, 0.25) is 0 Å². The molecule has 2 aliphatic rings. The largest absolute Gasteiger partial charge is 0.478 e. The number of aliphatic carboxylic acids is 1. The van der Waals surface area contributed by atoms with Gasteiger partial charge < -0.3 is 34.4 Å². The van der Waals surface area contributed by atoms with Crippen LogP contribution < -0.4 is 10.1 Å². The first-order chi connectivity index (χ1) is 23.6. The van der Waals surface area contributed by atoms with E-state index in [9.17, 15) is 14.4 Å². The van der Waals surface area contributed by atoms with E-state index in [1.807, 2.05) is 51.6 Å². The smallest absolute Gasteiger partial charge is 0.373 e. The highest BCUT2D eigenvalue weighted by molar-refractivity contribution is 5.94. The third kappa shape index (κ3) is 12.9. The molecule has 0 aliphatic carbocycles. The van der Waals surface area contributed by atoms with Gasteiger partial charge in [-0.2, -0.15) is 14.6 Å². The van der Waals surface area contributed by atoms with Gasteiger partial charge in [-0.3, -0.25) is 14.2 Å². The number of benzene rings is 1. The van der Waals surface area contributed by atoms with E-state index in [1.54, 1.807) is 7.11 Å². The molecule has 14 heteroatoms. The molecular weight excluding hydrogens is 634 g/mol. The summed E-state index contributed by atoms with van der Waals surface area (Å²) in [4.78, 5) is 62.1. The van der Waals surface area contributed by atoms with Crippen molar-refractivity contribution in [1.29, 1.82) is 0 Å². The van der Waals surface area contributed by atoms with Crippen molar-refractivity contribution in [3.8, 4) is 11.7 Å². The van der Waals surface area contributed by atoms with Crippen LogP contribution in [0, 0.1) is 11.8 Å². The van der Waals surface area contributed by atoms with Gasteiger partial charge in [-0.15, -0.1) is 0 Å². The number of carboxylic acids is 1. The molecule has 2 aliphatic heterocycles. The van der Waals surface area contributed by atoms with E-state index in [0.29, 0.717) is 83.7 Å². The number of nitrogens with one attached hydrogen (secondary N) is 1. The minimum Gasteiger partial charge on any atom is -0.478 e. The minimum absolute atomic E-state index is 0.109. The molecule has 0 saturated carbocycles. The lowest BCUT2D eigenvalue weighted by Gasteiger charge is -2.40. The maximum atomic E-state index is 14.5. The number of unbranched alkanes of at least 4 members (excludes halogenated alkanes) is 1. The number of ether oxygens (including phenoxy) is 3. The summed E-state index contributed by atoms with van der Waals surface area (Å²) in [5, 5.41) is 11.1. The maximum absolute atomic E-state index is 14.5. The van der Waals surface area contributed by atoms with Crippen molar-refractivity contribution in [2.75, 3.05) is 66.3 Å². The van der Waals surface area contributed by atoms with Crippen LogP contribution in [0.3, 0.4) is 0 Å². The fraction of sp³-hybridized carbons (Fsp3) is 0.571. The lowest BCUT2D eigenvalue weighted by Crippen LogP contribution is -2.56. The Morgan fingerprint density at radius 1 is 1.16 bits per heavy atom. The monoisotopic (exact) mass is 685 g/mol. The van der Waals surface area contributed by atoms with Crippen molar-refractivity contribution < 1.29 is 43.3 Å². The van der Waals surface area contributed by atoms with Crippen LogP contribution in [-0.2, 0) is 35.1 Å². The molecule has 4 rings (SSSR count). The van der Waals surface area contributed by atoms with Gasteiger partial charge in [0.15, 0.2) is 5.69 Å². The number of amides is 2. The number of aromatic nitrogens is 2. The van der Waals surface area contributed by atoms with E-state index in [2.05, 4.69) is 25.7 Å². The molecule has 0 radical (unpaired) electrons. The number of morpholine rings is 1. The predicted octanol–water partition coefficient (Wildman–Crippen LogP) is 2.85. The molecule has 0 spiro atoms. The van der Waals surface area contributed by atoms with Crippen LogP contribution in [-0.4, -0.2) is 121 Å². The number of methoxy groups -OCH3 is 1. The molecule has 2 saturated heterocycles. The summed E-state index contributed by atoms with van der Waals surface area (Å²) in [5.41, 5.74) is 2.19. The van der Waals surface area contributed by atoms with Crippen molar-refractivity contribution in [2.45, 2.75) is 52.5 Å². The van der Waals surface area contributed by atoms with Crippen LogP contribution in [0.5, 0.6) is 6.01 Å². The number of hydrogen-bond donors (Lipinski definition) is 2. The first-order valence-electron chi connectivity index (χ1n) is 16.6. The Kier molecular flexibility index (Phi) is 18.6. The minimum atomic E-state index is -0.981. The zero-order chi connectivity index (χ0) is 36.2. The quantitative estimate of drug-likeness (QED) is 0.222. The molecule has 14 nitrogen and oxygen atoms in total. The average molecular weight is 686 g/mol. The Labute approximate surface area is 288 Å². The Morgan fingerprint density at radius 2 is 1.82 bits per heavy atom. The summed E-state index contributed by atoms with van der Waals surface area (Å²) in [6, 6.07) is 10.3. The summed E-state index contributed by atoms with van der Waals surface area (Å²) >= 11 is 0. The van der Waals surface area contributed by atoms with Gasteiger partial charge in [-0.05, 0) is 50.7 Å². The third-order valence-electron chi connectivity index (χ3n) is 7.88. The van der Waals surface area contributed by atoms with E-state index >= 15 is 0 Å². The molecule has 0 unspecified atom stereocenters. The van der Waals surface area contributed by atoms with Crippen LogP contribution in [0.25, 0.3) is 5.69 Å². The van der Waals surface area contributed by atoms with E-state index in [1.165, 1.54) is 0 Å². The van der Waals surface area contributed by atoms with Gasteiger partial charge in [0.25, 0.3) is 5.91 Å². The molecule has 1 aromatic heterocycles. The summed E-state index contributed by atoms with van der Waals surface area (Å²) < 4.78 is 18.7. The van der Waals surface area contributed by atoms with Crippen LogP contribution >= 0.6 is 0 Å². The van der Waals surface area contributed by atoms with E-state index in [4.69, 9.17) is 33.9 Å². The second-order valence-corrected chi connectivity index (χ2v) is 11.9. The predicted molar refractivity (Wildman–Crippen MR) is 180 cm³/mol. The van der Waals surface area contributed by atoms with E-state index < -0.39 is 5.97 Å². The van der Waals surface area contributed by atoms with Gasteiger partial charge in [-0.25, -0.2) is 4.79 Å². The molecule has 2 amide bonds. The molecule has 3 heterocycles. The lowest BCUT2D eigenvalue weighted by molar-refractivity contribution is -0.191. The Morgan fingerprint density at radius 3 is 2.39 bits per heavy atom. The topological polar surface area (TPSA) is 170 Å². The number of carboxylic acid groups (broad SMARTS) is 1. The SMILES string of the molecule is C=CC(=O)O.CCOc1nc(C(=O)N(CC(C)C)[C@@H]2CNC[C@H](C(=O)N3CCOCC3)C2)c(CCCCOC)n1-c1ccccc1.O=C=O. The first kappa shape index (κ1) is 40.8. The number of para-hydroxylation sites is 1. The number of carbonyl (C=O) groups excluding carboxylic acids is 4. The number of carbonyl (C=O) groups is 3. The molecular formula is C35H51N5O9. The second-order valence-electron chi connectivity index (χ2n) is 11.9. The summed E-state index contributed by atoms with van der Waals surface area (Å²) in [7, 11) is 1.70. The fourth-order valence-corrected chi connectivity index (χ4v) is 5.76. The molecule has 2 aromatic rings. The van der Waals surface area contributed by atoms with Crippen molar-refractivity contribution in [3.05, 3.63) is 54.4 Å². The Hall–Kier alpha value is -4.36. The highest BCUT2D eigenvalue weighted by Crippen LogP contribution is 2.29. The van der Waals surface area contributed by atoms with Gasteiger partial charge in [0, 0.05) is 58.6 Å². The van der Waals surface area contributed by atoms with Gasteiger partial charge in [-0.1, -0.05) is 38.6 Å². The number of rotatable bonds is 14. The summed E-state index contributed by atoms with van der Waals surface area (Å²) in [5.74, 6) is -0.869. The molecule has 2 atom stereocenters. The second kappa shape index (κ2) is 22.3. The zero-order valence-electron chi connectivity index (χ0n) is 29.1. The molecule has 270 valence electrons. The van der Waals surface area contributed by atoms with Gasteiger partial charge in [0.2, 0.25) is 5.91 Å². The molecule has 1 aromatic carbocycles. The molecule has 0 bridgehead atoms. The number of nitrogens with zero attached hydrogens (tertiary/aromatic N) is 4. The summed E-state index contributed by atoms with van der Waals surface area (Å²) in [6.07, 6.45) is 4.10. The van der Waals surface area contributed by atoms with Gasteiger partial charge >= 0.3 is 18.1 Å². The summed E-state index contributed by atoms with van der Waals surface area (Å²) in [6.45, 7) is 14.5. The molecule has 49 heavy (non-hydrogen) atoms. The van der Waals surface area contributed by atoms with Crippen LogP contribution in [0.4, 0.5) is 0 Å². The van der Waals surface area contributed by atoms with Crippen molar-refractivity contribution in [1.82, 2.24) is 24.7 Å². The number of imidazole rings is 1. The first-order valence-corrected chi connectivity index (χ1v) is 16.6. The van der Waals surface area contributed by atoms with Gasteiger partial charge in [0.05, 0.1) is 37.1 Å². The highest BCUT2D eigenvalue weighted by atomic mass is 16.5. The van der Waals surface area contributed by atoms with E-state index in [0.717, 1.165) is 30.3 Å². The zero-order valence-corrected chi connectivity index (χ0v) is 29.1. The molecule has 2 fully saturated rings. The number of piperidine rings is 1. The Bertz CT molecular complexity index is 1350. The molecule has 2 N–H and O–H groups in total. The fourth-order valence-electron chi connectivity index (χ4n) is 5.76. The standard InChI is InChI=1S/C31H47N5O5.C3H4O2.CO2/c1-5-41-31-33-28(27(13-9-10-16-39-4)36(31)25-11-7-6-8-12-25)30(38)35(22-23(2)3)26-19-24(20-32-21-26)29(37)34-14-17-40-18-15-34;1-2-3(4)5;2-1-3/h6-8,11-12,23-24,26,32H,5,9-10,13-22H2,1-4H3;2H,1H2,(H,4,5);/t24-,26+;;/m1../s1. The van der Waals surface area contributed by atoms with Gasteiger partial charge in [0.1, 0.15) is 0 Å². The number of hydrogen-bond acceptors (Lipinski definition) is 10. The third-order valence-corrected chi connectivity index (χ3v) is 7.88. The highest BCUT2D eigenvalue weighted by Gasteiger charge is 2.37. The van der Waals surface area contributed by atoms with E-state index in [-0.39, 0.29) is 35.8 Å².